The lowest BCUT2D eigenvalue weighted by Crippen LogP contribution is -2.38. The highest BCUT2D eigenvalue weighted by Crippen LogP contribution is 2.53. The van der Waals surface area contributed by atoms with E-state index in [1.54, 1.807) is 0 Å². The molecule has 0 bridgehead atoms. The third-order valence-electron chi connectivity index (χ3n) is 7.58. The molecule has 0 unspecified atom stereocenters. The van der Waals surface area contributed by atoms with Crippen LogP contribution >= 0.6 is 15.9 Å². The van der Waals surface area contributed by atoms with Gasteiger partial charge in [-0.3, -0.25) is 4.79 Å². The summed E-state index contributed by atoms with van der Waals surface area (Å²) in [5.41, 5.74) is 8.34. The lowest BCUT2D eigenvalue weighted by molar-refractivity contribution is -0.118. The summed E-state index contributed by atoms with van der Waals surface area (Å²) in [6, 6.07) is 11.9. The highest BCUT2D eigenvalue weighted by atomic mass is 79.9. The summed E-state index contributed by atoms with van der Waals surface area (Å²) >= 11 is 3.67. The van der Waals surface area contributed by atoms with Crippen molar-refractivity contribution in [2.75, 3.05) is 5.32 Å². The number of aryl methyl sites for hydroxylation is 2. The second kappa shape index (κ2) is 6.38. The Balaban J connectivity index is 1.70. The number of nitrogens with one attached hydrogen (secondary N) is 1. The van der Waals surface area contributed by atoms with E-state index in [0.717, 1.165) is 26.9 Å². The predicted molar refractivity (Wildman–Crippen MR) is 127 cm³/mol. The van der Waals surface area contributed by atoms with Crippen LogP contribution in [-0.2, 0) is 10.2 Å². The third kappa shape index (κ3) is 2.56. The van der Waals surface area contributed by atoms with E-state index in [2.05, 4.69) is 76.3 Å². The number of hydrogen-bond acceptors (Lipinski definition) is 1. The van der Waals surface area contributed by atoms with E-state index >= 15 is 0 Å². The number of amides is 1. The van der Waals surface area contributed by atoms with E-state index < -0.39 is 5.41 Å². The molecular formula is C26H28BrN3O. The van der Waals surface area contributed by atoms with E-state index in [-0.39, 0.29) is 5.91 Å². The number of carbonyl (C=O) groups excluding carboxylic acids is 1. The molecule has 3 aliphatic rings. The van der Waals surface area contributed by atoms with E-state index in [1.807, 2.05) is 12.1 Å². The molecule has 0 radical (unpaired) electrons. The molecule has 2 saturated carbocycles. The minimum absolute atomic E-state index is 0.0627. The van der Waals surface area contributed by atoms with Crippen LogP contribution in [0.2, 0.25) is 0 Å². The molecule has 31 heavy (non-hydrogen) atoms. The van der Waals surface area contributed by atoms with Crippen molar-refractivity contribution in [1.82, 2.24) is 9.13 Å². The minimum atomic E-state index is -0.830. The molecule has 6 rings (SSSR count). The molecule has 3 aromatic rings. The normalized spacial score (nSPS) is 19.6. The maximum atomic E-state index is 14.0. The molecule has 0 atom stereocenters. The average molecular weight is 478 g/mol. The maximum Gasteiger partial charge on any atom is 0.244 e. The van der Waals surface area contributed by atoms with E-state index in [1.165, 1.54) is 48.5 Å². The average Bonchev–Trinajstić information content (AvgIpc) is 3.64. The van der Waals surface area contributed by atoms with Gasteiger partial charge >= 0.3 is 0 Å². The van der Waals surface area contributed by atoms with Crippen LogP contribution in [0.5, 0.6) is 0 Å². The second-order valence-electron chi connectivity index (χ2n) is 9.67. The first kappa shape index (κ1) is 19.4. The number of rotatable bonds is 4. The van der Waals surface area contributed by atoms with Crippen LogP contribution in [0.3, 0.4) is 0 Å². The molecule has 1 aliphatic heterocycles. The minimum Gasteiger partial charge on any atom is -0.346 e. The van der Waals surface area contributed by atoms with Crippen LogP contribution in [0, 0.1) is 27.7 Å². The Morgan fingerprint density at radius 2 is 1.35 bits per heavy atom. The number of nitrogens with zero attached hydrogens (tertiary/aromatic N) is 2. The van der Waals surface area contributed by atoms with Gasteiger partial charge in [0.05, 0.1) is 0 Å². The zero-order chi connectivity index (χ0) is 21.7. The molecule has 4 nitrogen and oxygen atoms in total. The first-order valence-corrected chi connectivity index (χ1v) is 12.1. The summed E-state index contributed by atoms with van der Waals surface area (Å²) in [4.78, 5) is 14.0. The fourth-order valence-electron chi connectivity index (χ4n) is 6.06. The maximum absolute atomic E-state index is 14.0. The van der Waals surface area contributed by atoms with Gasteiger partial charge < -0.3 is 14.5 Å². The molecule has 0 spiro atoms. The van der Waals surface area contributed by atoms with Crippen LogP contribution in [0.25, 0.3) is 0 Å². The second-order valence-corrected chi connectivity index (χ2v) is 10.6. The van der Waals surface area contributed by atoms with Crippen molar-refractivity contribution in [2.45, 2.75) is 70.9 Å². The van der Waals surface area contributed by atoms with Gasteiger partial charge in [0.2, 0.25) is 5.91 Å². The standard InChI is InChI=1S/C26H28BrN3O/c1-14-11-21(16(3)29(14)19-6-7-19)26(22-12-15(2)30(17(22)4)20-8-9-20)23-13-18(27)5-10-24(23)28-25(26)31/h5,10-13,19-20H,6-9H2,1-4H3,(H,28,31). The summed E-state index contributed by atoms with van der Waals surface area (Å²) in [5, 5.41) is 3.24. The Labute approximate surface area is 191 Å². The number of anilines is 1. The van der Waals surface area contributed by atoms with Gasteiger partial charge in [-0.1, -0.05) is 15.9 Å². The highest BCUT2D eigenvalue weighted by molar-refractivity contribution is 9.10. The number of halogens is 1. The molecule has 1 amide bonds. The van der Waals surface area contributed by atoms with Gasteiger partial charge in [0.25, 0.3) is 0 Å². The highest BCUT2D eigenvalue weighted by Gasteiger charge is 2.53. The van der Waals surface area contributed by atoms with Gasteiger partial charge in [0.15, 0.2) is 0 Å². The molecular weight excluding hydrogens is 450 g/mol. The van der Waals surface area contributed by atoms with Crippen LogP contribution in [0.1, 0.15) is 77.2 Å². The number of hydrogen-bond donors (Lipinski definition) is 1. The third-order valence-corrected chi connectivity index (χ3v) is 8.07. The van der Waals surface area contributed by atoms with Gasteiger partial charge in [0, 0.05) is 50.6 Å². The molecule has 5 heteroatoms. The van der Waals surface area contributed by atoms with Crippen molar-refractivity contribution in [1.29, 1.82) is 0 Å². The first-order chi connectivity index (χ1) is 14.8. The molecule has 3 heterocycles. The Morgan fingerprint density at radius 1 is 0.839 bits per heavy atom. The van der Waals surface area contributed by atoms with Crippen LogP contribution in [-0.4, -0.2) is 15.0 Å². The Bertz CT molecular complexity index is 1190. The Hall–Kier alpha value is -2.27. The Morgan fingerprint density at radius 3 is 1.84 bits per heavy atom. The van der Waals surface area contributed by atoms with E-state index in [4.69, 9.17) is 0 Å². The monoisotopic (exact) mass is 477 g/mol. The predicted octanol–water partition coefficient (Wildman–Crippen LogP) is 6.24. The van der Waals surface area contributed by atoms with Crippen molar-refractivity contribution < 1.29 is 4.79 Å². The van der Waals surface area contributed by atoms with Crippen LogP contribution in [0.15, 0.2) is 34.8 Å². The molecule has 2 aliphatic carbocycles. The topological polar surface area (TPSA) is 39.0 Å². The summed E-state index contributed by atoms with van der Waals surface area (Å²) < 4.78 is 5.92. The first-order valence-electron chi connectivity index (χ1n) is 11.3. The lowest BCUT2D eigenvalue weighted by Gasteiger charge is -2.29. The summed E-state index contributed by atoms with van der Waals surface area (Å²) in [7, 11) is 0. The van der Waals surface area contributed by atoms with Crippen molar-refractivity contribution in [3.05, 3.63) is 74.3 Å². The van der Waals surface area contributed by atoms with Gasteiger partial charge in [-0.25, -0.2) is 0 Å². The Kier molecular flexibility index (Phi) is 4.00. The molecule has 2 fully saturated rings. The quantitative estimate of drug-likeness (QED) is 0.474. The van der Waals surface area contributed by atoms with Crippen molar-refractivity contribution in [3.63, 3.8) is 0 Å². The molecule has 1 N–H and O–H groups in total. The largest absolute Gasteiger partial charge is 0.346 e. The summed E-state index contributed by atoms with van der Waals surface area (Å²) in [6.45, 7) is 8.77. The number of aromatic nitrogens is 2. The van der Waals surface area contributed by atoms with Crippen molar-refractivity contribution in [3.8, 4) is 0 Å². The SMILES string of the molecule is Cc1cc(C2(c3cc(C)n(C4CC4)c3C)C(=O)Nc3ccc(Br)cc32)c(C)n1C1CC1. The molecule has 160 valence electrons. The summed E-state index contributed by atoms with van der Waals surface area (Å²) in [6.07, 6.45) is 4.92. The van der Waals surface area contributed by atoms with Crippen molar-refractivity contribution in [2.24, 2.45) is 0 Å². The molecule has 0 saturated heterocycles. The zero-order valence-corrected chi connectivity index (χ0v) is 20.1. The van der Waals surface area contributed by atoms with Gasteiger partial charge in [0.1, 0.15) is 5.41 Å². The van der Waals surface area contributed by atoms with Crippen LogP contribution in [0.4, 0.5) is 5.69 Å². The van der Waals surface area contributed by atoms with Gasteiger partial charge in [-0.2, -0.15) is 0 Å². The molecule has 2 aromatic heterocycles. The number of benzene rings is 1. The lowest BCUT2D eigenvalue weighted by atomic mass is 9.70. The molecule has 1 aromatic carbocycles. The number of carbonyl (C=O) groups is 1. The van der Waals surface area contributed by atoms with Crippen molar-refractivity contribution >= 4 is 27.5 Å². The van der Waals surface area contributed by atoms with Gasteiger partial charge in [-0.15, -0.1) is 0 Å². The fourth-order valence-corrected chi connectivity index (χ4v) is 6.42. The zero-order valence-electron chi connectivity index (χ0n) is 18.6. The number of fused-ring (bicyclic) bond motifs is 1. The van der Waals surface area contributed by atoms with E-state index in [0.29, 0.717) is 12.1 Å². The van der Waals surface area contributed by atoms with E-state index in [9.17, 15) is 4.79 Å². The van der Waals surface area contributed by atoms with Crippen LogP contribution < -0.4 is 5.32 Å². The fraction of sp³-hybridized carbons (Fsp3) is 0.423. The summed E-state index contributed by atoms with van der Waals surface area (Å²) in [5.74, 6) is 0.0627. The smallest absolute Gasteiger partial charge is 0.244 e. The van der Waals surface area contributed by atoms with Gasteiger partial charge in [-0.05, 0) is 94.8 Å².